The Balaban J connectivity index is 0.000000327. The van der Waals surface area contributed by atoms with Gasteiger partial charge in [-0.1, -0.05) is 36.8 Å². The van der Waals surface area contributed by atoms with Gasteiger partial charge in [0.25, 0.3) is 0 Å². The van der Waals surface area contributed by atoms with E-state index >= 15 is 0 Å². The number of benzene rings is 2. The van der Waals surface area contributed by atoms with Gasteiger partial charge in [-0.15, -0.1) is 12.4 Å². The van der Waals surface area contributed by atoms with Crippen molar-refractivity contribution in [3.05, 3.63) is 70.3 Å². The summed E-state index contributed by atoms with van der Waals surface area (Å²) in [5.41, 5.74) is 8.19. The molecule has 0 saturated carbocycles. The maximum absolute atomic E-state index is 12.0. The first-order valence-corrected chi connectivity index (χ1v) is 10.4. The fourth-order valence-electron chi connectivity index (χ4n) is 3.87. The van der Waals surface area contributed by atoms with E-state index in [1.807, 2.05) is 18.2 Å². The highest BCUT2D eigenvalue weighted by Crippen LogP contribution is 2.26. The van der Waals surface area contributed by atoms with Gasteiger partial charge in [0.05, 0.1) is 17.2 Å². The van der Waals surface area contributed by atoms with Crippen LogP contribution in [0.2, 0.25) is 0 Å². The van der Waals surface area contributed by atoms with Gasteiger partial charge in [-0.2, -0.15) is 0 Å². The van der Waals surface area contributed by atoms with Gasteiger partial charge in [-0.3, -0.25) is 9.69 Å². The van der Waals surface area contributed by atoms with Gasteiger partial charge >= 0.3 is 11.9 Å². The lowest BCUT2D eigenvalue weighted by molar-refractivity contribution is -0.122. The number of Topliss-reactive ketones (excluding diaryl/α,β-unsaturated/α-hetero) is 1. The third-order valence-electron chi connectivity index (χ3n) is 5.44. The molecule has 1 heterocycles. The third kappa shape index (κ3) is 7.15. The second-order valence-corrected chi connectivity index (χ2v) is 7.65. The minimum atomic E-state index is -1.11. The summed E-state index contributed by atoms with van der Waals surface area (Å²) in [6.07, 6.45) is 3.67. The molecule has 4 N–H and O–H groups in total. The highest BCUT2D eigenvalue weighted by Gasteiger charge is 2.25. The van der Waals surface area contributed by atoms with Gasteiger partial charge in [0.2, 0.25) is 0 Å². The molecule has 0 aliphatic carbocycles. The van der Waals surface area contributed by atoms with Gasteiger partial charge in [0.15, 0.2) is 5.78 Å². The third-order valence-corrected chi connectivity index (χ3v) is 5.44. The van der Waals surface area contributed by atoms with Crippen LogP contribution in [0.15, 0.2) is 42.5 Å². The van der Waals surface area contributed by atoms with Crippen molar-refractivity contribution in [1.29, 1.82) is 0 Å². The normalized spacial score (nSPS) is 14.3. The van der Waals surface area contributed by atoms with Gasteiger partial charge in [0.1, 0.15) is 0 Å². The van der Waals surface area contributed by atoms with Crippen LogP contribution in [0.3, 0.4) is 0 Å². The predicted octanol–water partition coefficient (Wildman–Crippen LogP) is 4.07. The lowest BCUT2D eigenvalue weighted by atomic mass is 9.97. The highest BCUT2D eigenvalue weighted by molar-refractivity contribution is 5.96. The van der Waals surface area contributed by atoms with Crippen molar-refractivity contribution < 1.29 is 24.6 Å². The van der Waals surface area contributed by atoms with Gasteiger partial charge in [-0.25, -0.2) is 9.59 Å². The highest BCUT2D eigenvalue weighted by atomic mass is 35.5. The van der Waals surface area contributed by atoms with Crippen molar-refractivity contribution >= 4 is 30.1 Å². The summed E-state index contributed by atoms with van der Waals surface area (Å²) in [5, 5.41) is 17.4. The lowest BCUT2D eigenvalue weighted by Crippen LogP contribution is -2.37. The monoisotopic (exact) mass is 462 g/mol. The Hall–Kier alpha value is -2.74. The number of halogens is 1. The fourth-order valence-corrected chi connectivity index (χ4v) is 3.87. The zero-order valence-corrected chi connectivity index (χ0v) is 19.2. The van der Waals surface area contributed by atoms with Crippen LogP contribution in [-0.2, 0) is 11.3 Å². The molecule has 7 nitrogen and oxygen atoms in total. The summed E-state index contributed by atoms with van der Waals surface area (Å²) < 4.78 is 0. The number of hydrogen-bond acceptors (Lipinski definition) is 5. The van der Waals surface area contributed by atoms with E-state index in [-0.39, 0.29) is 40.9 Å². The summed E-state index contributed by atoms with van der Waals surface area (Å²) in [6, 6.07) is 12.2. The molecule has 32 heavy (non-hydrogen) atoms. The first kappa shape index (κ1) is 27.3. The number of piperidine rings is 1. The van der Waals surface area contributed by atoms with Crippen LogP contribution in [0.4, 0.5) is 0 Å². The quantitative estimate of drug-likeness (QED) is 0.591. The minimum Gasteiger partial charge on any atom is -0.478 e. The first-order valence-electron chi connectivity index (χ1n) is 10.4. The molecule has 0 aromatic heterocycles. The van der Waals surface area contributed by atoms with Crippen molar-refractivity contribution in [1.82, 2.24) is 4.90 Å². The van der Waals surface area contributed by atoms with Gasteiger partial charge in [-0.05, 0) is 68.6 Å². The average Bonchev–Trinajstić information content (AvgIpc) is 2.75. The Bertz CT molecular complexity index is 909. The van der Waals surface area contributed by atoms with Crippen molar-refractivity contribution in [3.8, 4) is 0 Å². The smallest absolute Gasteiger partial charge is 0.335 e. The summed E-state index contributed by atoms with van der Waals surface area (Å²) in [5.74, 6) is -1.99. The molecule has 174 valence electrons. The molecule has 1 atom stereocenters. The van der Waals surface area contributed by atoms with Gasteiger partial charge in [0, 0.05) is 6.54 Å². The van der Waals surface area contributed by atoms with Crippen molar-refractivity contribution in [2.45, 2.75) is 45.7 Å². The average molecular weight is 463 g/mol. The van der Waals surface area contributed by atoms with Crippen molar-refractivity contribution in [3.63, 3.8) is 0 Å². The molecule has 1 aliphatic rings. The Morgan fingerprint density at radius 1 is 0.969 bits per heavy atom. The number of ketones is 1. The molecule has 0 amide bonds. The molecule has 1 unspecified atom stereocenters. The van der Waals surface area contributed by atoms with Crippen LogP contribution in [0.25, 0.3) is 0 Å². The van der Waals surface area contributed by atoms with Crippen LogP contribution in [0.1, 0.15) is 69.6 Å². The molecular formula is C24H31ClN2O5. The van der Waals surface area contributed by atoms with Crippen molar-refractivity contribution in [2.75, 3.05) is 13.1 Å². The molecular weight excluding hydrogens is 432 g/mol. The number of likely N-dealkylation sites (tertiary alicyclic amines) is 1. The van der Waals surface area contributed by atoms with Gasteiger partial charge < -0.3 is 15.9 Å². The van der Waals surface area contributed by atoms with Crippen LogP contribution >= 0.6 is 12.4 Å². The second-order valence-electron chi connectivity index (χ2n) is 7.65. The Morgan fingerprint density at radius 2 is 1.50 bits per heavy atom. The maximum Gasteiger partial charge on any atom is 0.335 e. The number of carboxylic acid groups (broad SMARTS) is 2. The molecule has 3 rings (SSSR count). The predicted molar refractivity (Wildman–Crippen MR) is 126 cm³/mol. The van der Waals surface area contributed by atoms with Crippen LogP contribution in [-0.4, -0.2) is 45.9 Å². The topological polar surface area (TPSA) is 121 Å². The molecule has 8 heteroatoms. The maximum atomic E-state index is 12.0. The van der Waals surface area contributed by atoms with Crippen LogP contribution in [0.5, 0.6) is 0 Å². The Labute approximate surface area is 194 Å². The summed E-state index contributed by atoms with van der Waals surface area (Å²) in [4.78, 5) is 35.5. The zero-order valence-electron chi connectivity index (χ0n) is 18.4. The summed E-state index contributed by atoms with van der Waals surface area (Å²) in [6.45, 7) is 5.74. The van der Waals surface area contributed by atoms with Crippen LogP contribution in [0, 0.1) is 6.92 Å². The van der Waals surface area contributed by atoms with E-state index in [1.165, 1.54) is 44.4 Å². The molecule has 2 aromatic carbocycles. The summed E-state index contributed by atoms with van der Waals surface area (Å²) in [7, 11) is 0. The second kappa shape index (κ2) is 13.0. The summed E-state index contributed by atoms with van der Waals surface area (Å²) >= 11 is 0. The van der Waals surface area contributed by atoms with E-state index < -0.39 is 11.9 Å². The number of rotatable bonds is 6. The number of aromatic carboxylic acids is 2. The number of nitrogens with two attached hydrogens (primary N) is 1. The number of carbonyl (C=O) groups excluding carboxylic acids is 1. The largest absolute Gasteiger partial charge is 0.478 e. The first-order chi connectivity index (χ1) is 14.8. The Kier molecular flexibility index (Phi) is 11.1. The minimum absolute atomic E-state index is 0. The lowest BCUT2D eigenvalue weighted by Gasteiger charge is -2.33. The molecule has 0 radical (unpaired) electrons. The standard InChI is InChI=1S/C15H22N2O.C9H8O4.ClH/c1-12(18)15(17-8-3-2-4-9-17)14-7-5-6-13(10-14)11-16;1-5-6(8(10)11)3-2-4-7(5)9(12)13;/h5-7,10,15H,2-4,8-9,11,16H2,1H3;2-4H,1H3,(H,10,11)(H,12,13);1H. The number of nitrogens with zero attached hydrogens (tertiary/aromatic N) is 1. The number of hydrogen-bond donors (Lipinski definition) is 3. The number of carboxylic acids is 2. The number of carbonyl (C=O) groups is 3. The zero-order chi connectivity index (χ0) is 23.0. The van der Waals surface area contributed by atoms with E-state index in [2.05, 4.69) is 11.0 Å². The van der Waals surface area contributed by atoms with E-state index in [0.717, 1.165) is 24.2 Å². The Morgan fingerprint density at radius 3 is 1.97 bits per heavy atom. The van der Waals surface area contributed by atoms with E-state index in [4.69, 9.17) is 15.9 Å². The van der Waals surface area contributed by atoms with E-state index in [1.54, 1.807) is 6.92 Å². The van der Waals surface area contributed by atoms with Crippen LogP contribution < -0.4 is 5.73 Å². The van der Waals surface area contributed by atoms with Crippen molar-refractivity contribution in [2.24, 2.45) is 5.73 Å². The molecule has 1 aliphatic heterocycles. The molecule has 0 spiro atoms. The van der Waals surface area contributed by atoms with E-state index in [9.17, 15) is 14.4 Å². The molecule has 1 saturated heterocycles. The molecule has 2 aromatic rings. The molecule has 1 fully saturated rings. The fraction of sp³-hybridized carbons (Fsp3) is 0.375. The SMILES string of the molecule is CC(=O)C(c1cccc(CN)c1)N1CCCCC1.Cc1c(C(=O)O)cccc1C(=O)O.Cl. The molecule has 0 bridgehead atoms. The van der Waals surface area contributed by atoms with E-state index in [0.29, 0.717) is 6.54 Å².